The topological polar surface area (TPSA) is 55.1 Å². The van der Waals surface area contributed by atoms with E-state index in [2.05, 4.69) is 12.2 Å². The molecule has 1 fully saturated rings. The van der Waals surface area contributed by atoms with Crippen LogP contribution in [-0.4, -0.2) is 30.5 Å². The zero-order valence-corrected chi connectivity index (χ0v) is 11.2. The van der Waals surface area contributed by atoms with Gasteiger partial charge in [0.1, 0.15) is 0 Å². The highest BCUT2D eigenvalue weighted by Crippen LogP contribution is 2.36. The Kier molecular flexibility index (Phi) is 5.62. The molecule has 0 heterocycles. The van der Waals surface area contributed by atoms with Gasteiger partial charge in [0.15, 0.2) is 0 Å². The maximum atomic E-state index is 11.7. The van der Waals surface area contributed by atoms with Crippen molar-refractivity contribution in [2.75, 3.05) is 18.6 Å². The Morgan fingerprint density at radius 3 is 2.69 bits per heavy atom. The second-order valence-electron chi connectivity index (χ2n) is 5.12. The first-order valence-corrected chi connectivity index (χ1v) is 7.49. The molecular formula is C12H24N2OS. The number of amides is 1. The van der Waals surface area contributed by atoms with Crippen LogP contribution in [0.25, 0.3) is 0 Å². The first-order valence-electron chi connectivity index (χ1n) is 6.10. The van der Waals surface area contributed by atoms with Crippen molar-refractivity contribution < 1.29 is 4.79 Å². The van der Waals surface area contributed by atoms with E-state index in [1.807, 2.05) is 6.26 Å². The summed E-state index contributed by atoms with van der Waals surface area (Å²) in [6.07, 6.45) is 7.85. The maximum absolute atomic E-state index is 11.7. The van der Waals surface area contributed by atoms with Crippen molar-refractivity contribution in [1.29, 1.82) is 0 Å². The lowest BCUT2D eigenvalue weighted by atomic mass is 9.89. The summed E-state index contributed by atoms with van der Waals surface area (Å²) in [6.45, 7) is 3.05. The fourth-order valence-electron chi connectivity index (χ4n) is 2.21. The van der Waals surface area contributed by atoms with E-state index in [1.54, 1.807) is 11.8 Å². The maximum Gasteiger partial charge on any atom is 0.236 e. The molecule has 0 aliphatic heterocycles. The van der Waals surface area contributed by atoms with E-state index in [4.69, 9.17) is 5.73 Å². The zero-order valence-electron chi connectivity index (χ0n) is 10.4. The van der Waals surface area contributed by atoms with Crippen molar-refractivity contribution in [3.05, 3.63) is 0 Å². The molecule has 1 amide bonds. The molecule has 16 heavy (non-hydrogen) atoms. The first-order chi connectivity index (χ1) is 7.57. The third-order valence-corrected chi connectivity index (χ3v) is 4.11. The highest BCUT2D eigenvalue weighted by molar-refractivity contribution is 7.98. The van der Waals surface area contributed by atoms with Crippen LogP contribution in [0.1, 0.15) is 39.0 Å². The average Bonchev–Trinajstić information content (AvgIpc) is 2.70. The Labute approximate surface area is 103 Å². The summed E-state index contributed by atoms with van der Waals surface area (Å²) >= 11 is 1.73. The molecule has 1 rings (SSSR count). The minimum Gasteiger partial charge on any atom is -0.354 e. The number of hydrogen-bond acceptors (Lipinski definition) is 3. The number of hydrogen-bond donors (Lipinski definition) is 2. The number of nitrogens with one attached hydrogen (secondary N) is 1. The molecule has 3 N–H and O–H groups in total. The fraction of sp³-hybridized carbons (Fsp3) is 0.917. The van der Waals surface area contributed by atoms with Gasteiger partial charge >= 0.3 is 0 Å². The zero-order chi connectivity index (χ0) is 12.0. The number of rotatable bonds is 6. The standard InChI is InChI=1S/C12H24N2OS/c1-12(6-3-4-7-12)9-14-11(15)10(13)5-8-16-2/h10H,3-9,13H2,1-2H3,(H,14,15)/t10-/m1/s1. The highest BCUT2D eigenvalue weighted by atomic mass is 32.2. The third-order valence-electron chi connectivity index (χ3n) is 3.47. The monoisotopic (exact) mass is 244 g/mol. The summed E-state index contributed by atoms with van der Waals surface area (Å²) in [5.41, 5.74) is 6.12. The van der Waals surface area contributed by atoms with Crippen molar-refractivity contribution >= 4 is 17.7 Å². The minimum absolute atomic E-state index is 0.0159. The number of nitrogens with two attached hydrogens (primary N) is 1. The van der Waals surface area contributed by atoms with Gasteiger partial charge in [0, 0.05) is 6.54 Å². The van der Waals surface area contributed by atoms with E-state index in [-0.39, 0.29) is 11.9 Å². The van der Waals surface area contributed by atoms with E-state index < -0.39 is 0 Å². The molecule has 4 heteroatoms. The molecule has 1 saturated carbocycles. The van der Waals surface area contributed by atoms with E-state index in [0.29, 0.717) is 5.41 Å². The Morgan fingerprint density at radius 2 is 2.12 bits per heavy atom. The van der Waals surface area contributed by atoms with Crippen LogP contribution in [0.2, 0.25) is 0 Å². The predicted octanol–water partition coefficient (Wildman–Crippen LogP) is 1.76. The normalized spacial score (nSPS) is 20.7. The molecule has 1 aliphatic rings. The molecular weight excluding hydrogens is 220 g/mol. The predicted molar refractivity (Wildman–Crippen MR) is 70.6 cm³/mol. The Bertz CT molecular complexity index is 227. The van der Waals surface area contributed by atoms with Gasteiger partial charge in [-0.15, -0.1) is 0 Å². The van der Waals surface area contributed by atoms with E-state index in [0.717, 1.165) is 18.7 Å². The van der Waals surface area contributed by atoms with E-state index in [9.17, 15) is 4.79 Å². The van der Waals surface area contributed by atoms with Gasteiger partial charge in [-0.2, -0.15) is 11.8 Å². The van der Waals surface area contributed by atoms with Gasteiger partial charge in [-0.3, -0.25) is 4.79 Å². The Hall–Kier alpha value is -0.220. The van der Waals surface area contributed by atoms with Crippen molar-refractivity contribution in [1.82, 2.24) is 5.32 Å². The van der Waals surface area contributed by atoms with Gasteiger partial charge in [0.05, 0.1) is 6.04 Å². The third kappa shape index (κ3) is 4.34. The van der Waals surface area contributed by atoms with Gasteiger partial charge in [0.25, 0.3) is 0 Å². The lowest BCUT2D eigenvalue weighted by Gasteiger charge is -2.24. The van der Waals surface area contributed by atoms with Crippen LogP contribution in [0.4, 0.5) is 0 Å². The van der Waals surface area contributed by atoms with Gasteiger partial charge in [-0.05, 0) is 36.7 Å². The van der Waals surface area contributed by atoms with Crippen LogP contribution in [0.3, 0.4) is 0 Å². The first kappa shape index (κ1) is 13.8. The largest absolute Gasteiger partial charge is 0.354 e. The van der Waals surface area contributed by atoms with Gasteiger partial charge in [-0.25, -0.2) is 0 Å². The Balaban J connectivity index is 2.23. The molecule has 94 valence electrons. The van der Waals surface area contributed by atoms with Crippen molar-refractivity contribution in [3.8, 4) is 0 Å². The minimum atomic E-state index is -0.336. The SMILES string of the molecule is CSCC[C@@H](N)C(=O)NCC1(C)CCCC1. The summed E-state index contributed by atoms with van der Waals surface area (Å²) in [7, 11) is 0. The number of carbonyl (C=O) groups excluding carboxylic acids is 1. The smallest absolute Gasteiger partial charge is 0.236 e. The van der Waals surface area contributed by atoms with Crippen LogP contribution in [0.15, 0.2) is 0 Å². The summed E-state index contributed by atoms with van der Waals surface area (Å²) in [5, 5.41) is 3.00. The average molecular weight is 244 g/mol. The molecule has 0 saturated heterocycles. The van der Waals surface area contributed by atoms with E-state index >= 15 is 0 Å². The van der Waals surface area contributed by atoms with Crippen molar-refractivity contribution in [3.63, 3.8) is 0 Å². The fourth-order valence-corrected chi connectivity index (χ4v) is 2.70. The Morgan fingerprint density at radius 1 is 1.50 bits per heavy atom. The van der Waals surface area contributed by atoms with Crippen molar-refractivity contribution in [2.45, 2.75) is 45.1 Å². The van der Waals surface area contributed by atoms with Gasteiger partial charge in [0.2, 0.25) is 5.91 Å². The lowest BCUT2D eigenvalue weighted by molar-refractivity contribution is -0.122. The van der Waals surface area contributed by atoms with Gasteiger partial charge < -0.3 is 11.1 Å². The molecule has 0 aromatic carbocycles. The van der Waals surface area contributed by atoms with Crippen LogP contribution < -0.4 is 11.1 Å². The molecule has 0 radical (unpaired) electrons. The summed E-state index contributed by atoms with van der Waals surface area (Å²) < 4.78 is 0. The second-order valence-corrected chi connectivity index (χ2v) is 6.11. The molecule has 3 nitrogen and oxygen atoms in total. The summed E-state index contributed by atoms with van der Waals surface area (Å²) in [6, 6.07) is -0.336. The lowest BCUT2D eigenvalue weighted by Crippen LogP contribution is -2.44. The molecule has 0 aromatic rings. The van der Waals surface area contributed by atoms with Crippen LogP contribution in [0.5, 0.6) is 0 Å². The molecule has 0 unspecified atom stereocenters. The molecule has 1 atom stereocenters. The van der Waals surface area contributed by atoms with Crippen molar-refractivity contribution in [2.24, 2.45) is 11.1 Å². The second kappa shape index (κ2) is 6.50. The summed E-state index contributed by atoms with van der Waals surface area (Å²) in [5.74, 6) is 0.966. The van der Waals surface area contributed by atoms with Crippen LogP contribution in [0, 0.1) is 5.41 Å². The van der Waals surface area contributed by atoms with Crippen LogP contribution >= 0.6 is 11.8 Å². The molecule has 0 aromatic heterocycles. The number of carbonyl (C=O) groups is 1. The summed E-state index contributed by atoms with van der Waals surface area (Å²) in [4.78, 5) is 11.7. The molecule has 0 spiro atoms. The highest BCUT2D eigenvalue weighted by Gasteiger charge is 2.29. The van der Waals surface area contributed by atoms with Crippen LogP contribution in [-0.2, 0) is 4.79 Å². The number of thioether (sulfide) groups is 1. The molecule has 1 aliphatic carbocycles. The van der Waals surface area contributed by atoms with E-state index in [1.165, 1.54) is 25.7 Å². The molecule has 0 bridgehead atoms. The van der Waals surface area contributed by atoms with Gasteiger partial charge in [-0.1, -0.05) is 19.8 Å². The quantitative estimate of drug-likeness (QED) is 0.748.